The quantitative estimate of drug-likeness (QED) is 0.775. The Morgan fingerprint density at radius 2 is 1.93 bits per heavy atom. The molecule has 0 saturated heterocycles. The first-order valence-electron chi connectivity index (χ1n) is 4.14. The zero-order chi connectivity index (χ0) is 10.1. The summed E-state index contributed by atoms with van der Waals surface area (Å²) < 4.78 is 1.24. The maximum absolute atomic E-state index is 11.3. The summed E-state index contributed by atoms with van der Waals surface area (Å²) in [6, 6.07) is 9.38. The van der Waals surface area contributed by atoms with Crippen molar-refractivity contribution in [3.8, 4) is 16.3 Å². The molecule has 1 aromatic carbocycles. The largest absolute Gasteiger partial charge is 0.493 e. The molecule has 1 N–H and O–H groups in total. The minimum absolute atomic E-state index is 0.0335. The van der Waals surface area contributed by atoms with Gasteiger partial charge in [-0.25, -0.2) is 0 Å². The van der Waals surface area contributed by atoms with E-state index in [9.17, 15) is 9.90 Å². The molecular formula is C10H9NO2S. The molecule has 0 aliphatic carbocycles. The SMILES string of the molecule is Cn1c(O)c(-c2ccccc2)sc1=O. The van der Waals surface area contributed by atoms with E-state index in [0.717, 1.165) is 16.9 Å². The number of aromatic hydroxyl groups is 1. The molecule has 2 rings (SSSR count). The Kier molecular flexibility index (Phi) is 2.13. The van der Waals surface area contributed by atoms with Gasteiger partial charge in [0, 0.05) is 7.05 Å². The lowest BCUT2D eigenvalue weighted by atomic mass is 10.2. The lowest BCUT2D eigenvalue weighted by Crippen LogP contribution is -2.05. The van der Waals surface area contributed by atoms with E-state index < -0.39 is 0 Å². The number of aromatic nitrogens is 1. The van der Waals surface area contributed by atoms with Crippen molar-refractivity contribution in [2.24, 2.45) is 7.05 Å². The molecule has 0 fully saturated rings. The fourth-order valence-corrected chi connectivity index (χ4v) is 2.10. The summed E-state index contributed by atoms with van der Waals surface area (Å²) in [5.41, 5.74) is 0.868. The zero-order valence-electron chi connectivity index (χ0n) is 7.60. The van der Waals surface area contributed by atoms with E-state index >= 15 is 0 Å². The molecule has 0 bridgehead atoms. The molecule has 0 aliphatic rings. The van der Waals surface area contributed by atoms with Crippen LogP contribution in [0.15, 0.2) is 35.1 Å². The fourth-order valence-electron chi connectivity index (χ4n) is 1.22. The maximum atomic E-state index is 11.3. The summed E-state index contributed by atoms with van der Waals surface area (Å²) in [6.07, 6.45) is 0. The van der Waals surface area contributed by atoms with E-state index in [1.54, 1.807) is 7.05 Å². The van der Waals surface area contributed by atoms with Gasteiger partial charge in [-0.3, -0.25) is 9.36 Å². The first-order chi connectivity index (χ1) is 6.70. The van der Waals surface area contributed by atoms with Crippen LogP contribution in [0.25, 0.3) is 10.4 Å². The highest BCUT2D eigenvalue weighted by Gasteiger charge is 2.11. The van der Waals surface area contributed by atoms with Crippen molar-refractivity contribution in [2.75, 3.05) is 0 Å². The van der Waals surface area contributed by atoms with Crippen LogP contribution < -0.4 is 4.87 Å². The minimum atomic E-state index is -0.152. The Morgan fingerprint density at radius 3 is 2.43 bits per heavy atom. The van der Waals surface area contributed by atoms with Gasteiger partial charge in [0.2, 0.25) is 5.88 Å². The number of benzene rings is 1. The van der Waals surface area contributed by atoms with Crippen molar-refractivity contribution in [3.63, 3.8) is 0 Å². The molecule has 3 nitrogen and oxygen atoms in total. The molecule has 72 valence electrons. The van der Waals surface area contributed by atoms with E-state index in [0.29, 0.717) is 4.88 Å². The van der Waals surface area contributed by atoms with Crippen LogP contribution in [-0.2, 0) is 7.05 Å². The van der Waals surface area contributed by atoms with Crippen molar-refractivity contribution >= 4 is 11.3 Å². The van der Waals surface area contributed by atoms with Crippen molar-refractivity contribution < 1.29 is 5.11 Å². The summed E-state index contributed by atoms with van der Waals surface area (Å²) in [5, 5.41) is 9.65. The summed E-state index contributed by atoms with van der Waals surface area (Å²) in [5.74, 6) is 0.0335. The van der Waals surface area contributed by atoms with Gasteiger partial charge in [0.05, 0.1) is 4.88 Å². The van der Waals surface area contributed by atoms with Crippen LogP contribution in [0.1, 0.15) is 0 Å². The second kappa shape index (κ2) is 3.31. The number of thiazole rings is 1. The highest BCUT2D eigenvalue weighted by atomic mass is 32.1. The molecule has 4 heteroatoms. The standard InChI is InChI=1S/C10H9NO2S/c1-11-9(12)8(14-10(11)13)7-5-3-2-4-6-7/h2-6,12H,1H3. The third-order valence-electron chi connectivity index (χ3n) is 2.02. The molecule has 0 spiro atoms. The third kappa shape index (κ3) is 1.33. The Hall–Kier alpha value is -1.55. The summed E-state index contributed by atoms with van der Waals surface area (Å²) in [6.45, 7) is 0. The van der Waals surface area contributed by atoms with Crippen molar-refractivity contribution in [3.05, 3.63) is 40.0 Å². The van der Waals surface area contributed by atoms with Crippen molar-refractivity contribution in [2.45, 2.75) is 0 Å². The highest BCUT2D eigenvalue weighted by Crippen LogP contribution is 2.30. The first kappa shape index (κ1) is 9.02. The smallest absolute Gasteiger partial charge is 0.310 e. The fraction of sp³-hybridized carbons (Fsp3) is 0.100. The Morgan fingerprint density at radius 1 is 1.29 bits per heavy atom. The molecular weight excluding hydrogens is 198 g/mol. The number of nitrogens with zero attached hydrogens (tertiary/aromatic N) is 1. The van der Waals surface area contributed by atoms with Gasteiger partial charge in [0.1, 0.15) is 0 Å². The van der Waals surface area contributed by atoms with Gasteiger partial charge < -0.3 is 5.11 Å². The number of hydrogen-bond acceptors (Lipinski definition) is 3. The number of hydrogen-bond donors (Lipinski definition) is 1. The van der Waals surface area contributed by atoms with E-state index in [1.807, 2.05) is 30.3 Å². The molecule has 1 heterocycles. The average Bonchev–Trinajstić information content (AvgIpc) is 2.47. The molecule has 0 aliphatic heterocycles. The zero-order valence-corrected chi connectivity index (χ0v) is 8.41. The molecule has 0 unspecified atom stereocenters. The van der Waals surface area contributed by atoms with Gasteiger partial charge in [-0.1, -0.05) is 41.7 Å². The second-order valence-electron chi connectivity index (χ2n) is 2.95. The molecule has 0 amide bonds. The summed E-state index contributed by atoms with van der Waals surface area (Å²) in [7, 11) is 1.56. The van der Waals surface area contributed by atoms with Gasteiger partial charge >= 0.3 is 4.87 Å². The topological polar surface area (TPSA) is 42.2 Å². The Labute approximate surface area is 84.9 Å². The molecule has 0 atom stereocenters. The normalized spacial score (nSPS) is 10.4. The van der Waals surface area contributed by atoms with Gasteiger partial charge in [-0.2, -0.15) is 0 Å². The maximum Gasteiger partial charge on any atom is 0.310 e. The predicted octanol–water partition coefficient (Wildman–Crippen LogP) is 1.82. The van der Waals surface area contributed by atoms with Gasteiger partial charge in [-0.15, -0.1) is 0 Å². The van der Waals surface area contributed by atoms with Crippen molar-refractivity contribution in [1.82, 2.24) is 4.57 Å². The number of rotatable bonds is 1. The summed E-state index contributed by atoms with van der Waals surface area (Å²) >= 11 is 1.05. The van der Waals surface area contributed by atoms with Crippen LogP contribution >= 0.6 is 11.3 Å². The lowest BCUT2D eigenvalue weighted by Gasteiger charge is -1.97. The van der Waals surface area contributed by atoms with Gasteiger partial charge in [-0.05, 0) is 5.56 Å². The molecule has 2 aromatic rings. The Balaban J connectivity index is 2.64. The third-order valence-corrected chi connectivity index (χ3v) is 3.09. The molecule has 0 radical (unpaired) electrons. The summed E-state index contributed by atoms with van der Waals surface area (Å²) in [4.78, 5) is 11.7. The van der Waals surface area contributed by atoms with E-state index in [-0.39, 0.29) is 10.8 Å². The van der Waals surface area contributed by atoms with Crippen LogP contribution in [0.5, 0.6) is 5.88 Å². The molecule has 14 heavy (non-hydrogen) atoms. The average molecular weight is 207 g/mol. The Bertz CT molecular complexity index is 499. The molecule has 0 saturated carbocycles. The van der Waals surface area contributed by atoms with Crippen molar-refractivity contribution in [1.29, 1.82) is 0 Å². The van der Waals surface area contributed by atoms with Crippen LogP contribution in [0, 0.1) is 0 Å². The monoisotopic (exact) mass is 207 g/mol. The lowest BCUT2D eigenvalue weighted by molar-refractivity contribution is 0.431. The minimum Gasteiger partial charge on any atom is -0.493 e. The van der Waals surface area contributed by atoms with Crippen LogP contribution in [0.2, 0.25) is 0 Å². The van der Waals surface area contributed by atoms with Gasteiger partial charge in [0.15, 0.2) is 0 Å². The highest BCUT2D eigenvalue weighted by molar-refractivity contribution is 7.13. The van der Waals surface area contributed by atoms with Gasteiger partial charge in [0.25, 0.3) is 0 Å². The van der Waals surface area contributed by atoms with E-state index in [4.69, 9.17) is 0 Å². The van der Waals surface area contributed by atoms with Crippen LogP contribution in [0.3, 0.4) is 0 Å². The molecule has 1 aromatic heterocycles. The van der Waals surface area contributed by atoms with E-state index in [1.165, 1.54) is 4.57 Å². The second-order valence-corrected chi connectivity index (χ2v) is 3.91. The van der Waals surface area contributed by atoms with Crippen LogP contribution in [-0.4, -0.2) is 9.67 Å². The predicted molar refractivity (Wildman–Crippen MR) is 56.7 cm³/mol. The first-order valence-corrected chi connectivity index (χ1v) is 4.96. The van der Waals surface area contributed by atoms with E-state index in [2.05, 4.69) is 0 Å². The van der Waals surface area contributed by atoms with Crippen LogP contribution in [0.4, 0.5) is 0 Å².